The fourth-order valence-electron chi connectivity index (χ4n) is 2.52. The van der Waals surface area contributed by atoms with Crippen LogP contribution in [0, 0.1) is 5.92 Å². The molecule has 1 aromatic carbocycles. The number of amides is 2. The second-order valence-corrected chi connectivity index (χ2v) is 5.76. The number of carbonyl (C=O) groups is 1. The molecule has 2 amide bonds. The Labute approximate surface area is 120 Å². The van der Waals surface area contributed by atoms with E-state index in [0.29, 0.717) is 5.92 Å². The molecule has 4 nitrogen and oxygen atoms in total. The Balaban J connectivity index is 1.87. The molecule has 0 saturated carbocycles. The number of hydrogen-bond donors (Lipinski definition) is 2. The van der Waals surface area contributed by atoms with Crippen molar-refractivity contribution in [2.45, 2.75) is 38.8 Å². The second kappa shape index (κ2) is 6.75. The zero-order valence-corrected chi connectivity index (χ0v) is 12.2. The molecule has 1 fully saturated rings. The number of carbonyl (C=O) groups excluding carboxylic acids is 1. The molecule has 20 heavy (non-hydrogen) atoms. The third kappa shape index (κ3) is 3.73. The number of benzene rings is 1. The number of nitrogens with zero attached hydrogens (tertiary/aromatic N) is 1. The number of aliphatic hydroxyl groups is 1. The van der Waals surface area contributed by atoms with E-state index in [2.05, 4.69) is 12.2 Å². The van der Waals surface area contributed by atoms with Crippen molar-refractivity contribution in [3.05, 3.63) is 35.9 Å². The lowest BCUT2D eigenvalue weighted by Crippen LogP contribution is -2.48. The molecule has 1 aliphatic rings. The molecular weight excluding hydrogens is 252 g/mol. The molecule has 0 bridgehead atoms. The minimum Gasteiger partial charge on any atom is -0.386 e. The zero-order valence-electron chi connectivity index (χ0n) is 12.2. The highest BCUT2D eigenvalue weighted by Crippen LogP contribution is 2.18. The maximum absolute atomic E-state index is 12.2. The Morgan fingerprint density at radius 1 is 1.30 bits per heavy atom. The van der Waals surface area contributed by atoms with E-state index in [1.165, 1.54) is 0 Å². The van der Waals surface area contributed by atoms with Gasteiger partial charge in [0, 0.05) is 13.1 Å². The van der Waals surface area contributed by atoms with Gasteiger partial charge in [0.25, 0.3) is 0 Å². The lowest BCUT2D eigenvalue weighted by atomic mass is 9.99. The summed E-state index contributed by atoms with van der Waals surface area (Å²) < 4.78 is 0. The maximum atomic E-state index is 12.2. The summed E-state index contributed by atoms with van der Waals surface area (Å²) in [4.78, 5) is 14.0. The topological polar surface area (TPSA) is 52.6 Å². The van der Waals surface area contributed by atoms with E-state index in [9.17, 15) is 9.90 Å². The summed E-state index contributed by atoms with van der Waals surface area (Å²) in [5, 5.41) is 13.1. The minimum absolute atomic E-state index is 0.0700. The molecule has 2 atom stereocenters. The van der Waals surface area contributed by atoms with Crippen LogP contribution in [-0.4, -0.2) is 35.2 Å². The molecule has 0 radical (unpaired) electrons. The third-order valence-electron chi connectivity index (χ3n) is 4.04. The van der Waals surface area contributed by atoms with Crippen LogP contribution in [0.2, 0.25) is 0 Å². The van der Waals surface area contributed by atoms with Crippen molar-refractivity contribution in [1.82, 2.24) is 10.2 Å². The molecule has 0 aliphatic carbocycles. The molecule has 1 heterocycles. The van der Waals surface area contributed by atoms with Gasteiger partial charge in [-0.1, -0.05) is 37.3 Å². The first-order valence-corrected chi connectivity index (χ1v) is 7.36. The number of aliphatic hydroxyl groups excluding tert-OH is 1. The Kier molecular flexibility index (Phi) is 5.01. The van der Waals surface area contributed by atoms with Gasteiger partial charge in [0.05, 0.1) is 12.1 Å². The largest absolute Gasteiger partial charge is 0.386 e. The summed E-state index contributed by atoms with van der Waals surface area (Å²) in [5.41, 5.74) is 0.826. The van der Waals surface area contributed by atoms with Crippen molar-refractivity contribution in [3.8, 4) is 0 Å². The van der Waals surface area contributed by atoms with Gasteiger partial charge in [0.15, 0.2) is 0 Å². The highest BCUT2D eigenvalue weighted by molar-refractivity contribution is 5.74. The van der Waals surface area contributed by atoms with E-state index >= 15 is 0 Å². The molecule has 0 spiro atoms. The fraction of sp³-hybridized carbons (Fsp3) is 0.562. The first-order valence-electron chi connectivity index (χ1n) is 7.36. The van der Waals surface area contributed by atoms with Gasteiger partial charge >= 0.3 is 6.03 Å². The second-order valence-electron chi connectivity index (χ2n) is 5.76. The predicted molar refractivity (Wildman–Crippen MR) is 79.4 cm³/mol. The first kappa shape index (κ1) is 14.9. The van der Waals surface area contributed by atoms with Crippen LogP contribution < -0.4 is 5.32 Å². The van der Waals surface area contributed by atoms with Crippen molar-refractivity contribution in [3.63, 3.8) is 0 Å². The SMILES string of the molecule is CC1CCN(C(=O)NC(C)C(O)c2ccccc2)CC1. The average Bonchev–Trinajstić information content (AvgIpc) is 2.48. The molecule has 2 rings (SSSR count). The Morgan fingerprint density at radius 2 is 1.90 bits per heavy atom. The highest BCUT2D eigenvalue weighted by Gasteiger charge is 2.24. The Hall–Kier alpha value is -1.55. The summed E-state index contributed by atoms with van der Waals surface area (Å²) in [6.07, 6.45) is 1.44. The maximum Gasteiger partial charge on any atom is 0.317 e. The zero-order chi connectivity index (χ0) is 14.5. The Bertz CT molecular complexity index is 427. The summed E-state index contributed by atoms with van der Waals surface area (Å²) in [6, 6.07) is 9.06. The van der Waals surface area contributed by atoms with Gasteiger partial charge in [0.2, 0.25) is 0 Å². The van der Waals surface area contributed by atoms with Crippen LogP contribution in [0.1, 0.15) is 38.4 Å². The van der Waals surface area contributed by atoms with E-state index < -0.39 is 6.10 Å². The van der Waals surface area contributed by atoms with Crippen molar-refractivity contribution < 1.29 is 9.90 Å². The number of hydrogen-bond acceptors (Lipinski definition) is 2. The quantitative estimate of drug-likeness (QED) is 0.891. The molecular formula is C16H24N2O2. The van der Waals surface area contributed by atoms with Crippen LogP contribution in [-0.2, 0) is 0 Å². The predicted octanol–water partition coefficient (Wildman–Crippen LogP) is 2.55. The number of urea groups is 1. The smallest absolute Gasteiger partial charge is 0.317 e. The van der Waals surface area contributed by atoms with Gasteiger partial charge in [-0.15, -0.1) is 0 Å². The van der Waals surface area contributed by atoms with Crippen LogP contribution >= 0.6 is 0 Å². The van der Waals surface area contributed by atoms with E-state index in [4.69, 9.17) is 0 Å². The Morgan fingerprint density at radius 3 is 2.50 bits per heavy atom. The van der Waals surface area contributed by atoms with E-state index in [0.717, 1.165) is 31.5 Å². The lowest BCUT2D eigenvalue weighted by Gasteiger charge is -2.32. The van der Waals surface area contributed by atoms with Gasteiger partial charge in [-0.2, -0.15) is 0 Å². The normalized spacial score (nSPS) is 19.4. The monoisotopic (exact) mass is 276 g/mol. The van der Waals surface area contributed by atoms with Crippen LogP contribution in [0.5, 0.6) is 0 Å². The van der Waals surface area contributed by atoms with Crippen LogP contribution in [0.15, 0.2) is 30.3 Å². The van der Waals surface area contributed by atoms with Crippen molar-refractivity contribution in [2.24, 2.45) is 5.92 Å². The molecule has 1 aromatic rings. The summed E-state index contributed by atoms with van der Waals surface area (Å²) in [7, 11) is 0. The van der Waals surface area contributed by atoms with Gasteiger partial charge in [-0.3, -0.25) is 0 Å². The molecule has 2 N–H and O–H groups in total. The molecule has 0 aromatic heterocycles. The van der Waals surface area contributed by atoms with Crippen molar-refractivity contribution >= 4 is 6.03 Å². The van der Waals surface area contributed by atoms with Crippen molar-refractivity contribution in [1.29, 1.82) is 0 Å². The molecule has 1 aliphatic heterocycles. The van der Waals surface area contributed by atoms with Gasteiger partial charge in [0.1, 0.15) is 0 Å². The minimum atomic E-state index is -0.677. The third-order valence-corrected chi connectivity index (χ3v) is 4.04. The summed E-state index contributed by atoms with van der Waals surface area (Å²) in [6.45, 7) is 5.67. The van der Waals surface area contributed by atoms with Gasteiger partial charge in [-0.25, -0.2) is 4.79 Å². The molecule has 1 saturated heterocycles. The first-order chi connectivity index (χ1) is 9.58. The van der Waals surface area contributed by atoms with Gasteiger partial charge < -0.3 is 15.3 Å². The van der Waals surface area contributed by atoms with E-state index in [-0.39, 0.29) is 12.1 Å². The van der Waals surface area contributed by atoms with E-state index in [1.807, 2.05) is 42.2 Å². The standard InChI is InChI=1S/C16H24N2O2/c1-12-8-10-18(11-9-12)16(20)17-13(2)15(19)14-6-4-3-5-7-14/h3-7,12-13,15,19H,8-11H2,1-2H3,(H,17,20). The summed E-state index contributed by atoms with van der Waals surface area (Å²) in [5.74, 6) is 0.700. The number of piperidine rings is 1. The summed E-state index contributed by atoms with van der Waals surface area (Å²) >= 11 is 0. The number of nitrogens with one attached hydrogen (secondary N) is 1. The number of rotatable bonds is 3. The molecule has 110 valence electrons. The lowest BCUT2D eigenvalue weighted by molar-refractivity contribution is 0.124. The van der Waals surface area contributed by atoms with Crippen LogP contribution in [0.3, 0.4) is 0 Å². The molecule has 4 heteroatoms. The average molecular weight is 276 g/mol. The van der Waals surface area contributed by atoms with E-state index in [1.54, 1.807) is 0 Å². The van der Waals surface area contributed by atoms with Crippen LogP contribution in [0.4, 0.5) is 4.79 Å². The van der Waals surface area contributed by atoms with Crippen molar-refractivity contribution in [2.75, 3.05) is 13.1 Å². The highest BCUT2D eigenvalue weighted by atomic mass is 16.3. The molecule has 2 unspecified atom stereocenters. The van der Waals surface area contributed by atoms with Gasteiger partial charge in [-0.05, 0) is 31.2 Å². The fourth-order valence-corrected chi connectivity index (χ4v) is 2.52. The number of likely N-dealkylation sites (tertiary alicyclic amines) is 1. The van der Waals surface area contributed by atoms with Crippen LogP contribution in [0.25, 0.3) is 0 Å².